The van der Waals surface area contributed by atoms with Gasteiger partial charge in [-0.3, -0.25) is 9.79 Å². The second-order valence-electron chi connectivity index (χ2n) is 7.32. The van der Waals surface area contributed by atoms with E-state index in [1.165, 1.54) is 6.07 Å². The lowest BCUT2D eigenvalue weighted by Gasteiger charge is -2.16. The van der Waals surface area contributed by atoms with Crippen molar-refractivity contribution in [3.05, 3.63) is 70.4 Å². The minimum atomic E-state index is -0.151. The van der Waals surface area contributed by atoms with Crippen molar-refractivity contribution in [2.24, 2.45) is 4.99 Å². The summed E-state index contributed by atoms with van der Waals surface area (Å²) >= 11 is 0. The van der Waals surface area contributed by atoms with Crippen LogP contribution < -0.4 is 16.2 Å². The third kappa shape index (κ3) is 5.21. The van der Waals surface area contributed by atoms with Gasteiger partial charge in [0.05, 0.1) is 6.54 Å². The minimum absolute atomic E-state index is 0.0354. The van der Waals surface area contributed by atoms with Gasteiger partial charge in [-0.15, -0.1) is 0 Å². The van der Waals surface area contributed by atoms with E-state index < -0.39 is 0 Å². The molecule has 28 heavy (non-hydrogen) atoms. The summed E-state index contributed by atoms with van der Waals surface area (Å²) in [5.74, 6) is 0.631. The molecule has 1 aliphatic rings. The predicted octanol–water partition coefficient (Wildman–Crippen LogP) is 3.05. The monoisotopic (exact) mass is 384 g/mol. The van der Waals surface area contributed by atoms with E-state index >= 15 is 0 Å². The zero-order valence-electron chi connectivity index (χ0n) is 16.5. The van der Waals surface area contributed by atoms with Gasteiger partial charge in [0.25, 0.3) is 0 Å². The lowest BCUT2D eigenvalue weighted by atomic mass is 9.95. The first-order chi connectivity index (χ1) is 13.6. The van der Waals surface area contributed by atoms with Crippen LogP contribution in [0.15, 0.2) is 58.4 Å². The highest BCUT2D eigenvalue weighted by Crippen LogP contribution is 2.49. The summed E-state index contributed by atoms with van der Waals surface area (Å²) in [6, 6.07) is 12.2. The molecule has 0 saturated heterocycles. The number of aliphatic imine (C=N–C) groups is 1. The van der Waals surface area contributed by atoms with Crippen LogP contribution in [0.2, 0.25) is 0 Å². The highest BCUT2D eigenvalue weighted by Gasteiger charge is 2.45. The van der Waals surface area contributed by atoms with Crippen molar-refractivity contribution in [1.29, 1.82) is 0 Å². The van der Waals surface area contributed by atoms with Gasteiger partial charge in [-0.1, -0.05) is 24.3 Å². The van der Waals surface area contributed by atoms with Gasteiger partial charge in [0.2, 0.25) is 5.56 Å². The average molecular weight is 384 g/mol. The van der Waals surface area contributed by atoms with E-state index in [0.717, 1.165) is 50.3 Å². The van der Waals surface area contributed by atoms with E-state index in [1.807, 2.05) is 31.3 Å². The number of hydrogen-bond acceptors (Lipinski definition) is 2. The summed E-state index contributed by atoms with van der Waals surface area (Å²) in [6.07, 6.45) is 5.62. The number of pyridine rings is 1. The number of rotatable bonds is 9. The molecule has 1 saturated carbocycles. The van der Waals surface area contributed by atoms with E-state index in [1.54, 1.807) is 22.8 Å². The van der Waals surface area contributed by atoms with E-state index in [0.29, 0.717) is 13.1 Å². The van der Waals surface area contributed by atoms with Crippen LogP contribution in [-0.2, 0) is 12.0 Å². The molecule has 2 aromatic rings. The molecule has 1 fully saturated rings. The zero-order valence-corrected chi connectivity index (χ0v) is 16.5. The number of aromatic nitrogens is 1. The highest BCUT2D eigenvalue weighted by atomic mass is 19.1. The summed E-state index contributed by atoms with van der Waals surface area (Å²) in [6.45, 7) is 4.88. The topological polar surface area (TPSA) is 58.4 Å². The average Bonchev–Trinajstić information content (AvgIpc) is 3.48. The quantitative estimate of drug-likeness (QED) is 0.397. The Morgan fingerprint density at radius 2 is 1.93 bits per heavy atom. The first-order valence-corrected chi connectivity index (χ1v) is 10.1. The van der Waals surface area contributed by atoms with Crippen molar-refractivity contribution in [2.45, 2.75) is 44.6 Å². The molecule has 1 aromatic carbocycles. The third-order valence-electron chi connectivity index (χ3n) is 5.20. The third-order valence-corrected chi connectivity index (χ3v) is 5.20. The van der Waals surface area contributed by atoms with E-state index in [9.17, 15) is 9.18 Å². The van der Waals surface area contributed by atoms with Gasteiger partial charge < -0.3 is 15.2 Å². The maximum atomic E-state index is 14.1. The molecular weight excluding hydrogens is 355 g/mol. The fourth-order valence-electron chi connectivity index (χ4n) is 3.39. The molecule has 5 nitrogen and oxygen atoms in total. The Balaban J connectivity index is 1.49. The largest absolute Gasteiger partial charge is 0.357 e. The van der Waals surface area contributed by atoms with Crippen LogP contribution in [0.25, 0.3) is 0 Å². The lowest BCUT2D eigenvalue weighted by Crippen LogP contribution is -2.38. The molecule has 0 spiro atoms. The maximum absolute atomic E-state index is 14.1. The van der Waals surface area contributed by atoms with Gasteiger partial charge in [0.1, 0.15) is 5.82 Å². The predicted molar refractivity (Wildman–Crippen MR) is 111 cm³/mol. The van der Waals surface area contributed by atoms with Crippen LogP contribution in [0.1, 0.15) is 38.2 Å². The number of hydrogen-bond donors (Lipinski definition) is 2. The van der Waals surface area contributed by atoms with E-state index in [4.69, 9.17) is 4.99 Å². The molecule has 1 aromatic heterocycles. The molecule has 6 heteroatoms. The Labute approximate surface area is 165 Å². The van der Waals surface area contributed by atoms with Gasteiger partial charge >= 0.3 is 0 Å². The molecule has 0 atom stereocenters. The second kappa shape index (κ2) is 9.53. The fourth-order valence-corrected chi connectivity index (χ4v) is 3.39. The number of benzene rings is 1. The fraction of sp³-hybridized carbons (Fsp3) is 0.455. The lowest BCUT2D eigenvalue weighted by molar-refractivity contribution is 0.570. The number of unbranched alkanes of at least 4 members (excludes halogenated alkanes) is 1. The number of nitrogens with zero attached hydrogens (tertiary/aromatic N) is 2. The van der Waals surface area contributed by atoms with Crippen LogP contribution >= 0.6 is 0 Å². The summed E-state index contributed by atoms with van der Waals surface area (Å²) in [5.41, 5.74) is 0.665. The van der Waals surface area contributed by atoms with Gasteiger partial charge in [0.15, 0.2) is 5.96 Å². The first-order valence-electron chi connectivity index (χ1n) is 10.1. The van der Waals surface area contributed by atoms with Crippen molar-refractivity contribution >= 4 is 5.96 Å². The second-order valence-corrected chi connectivity index (χ2v) is 7.32. The summed E-state index contributed by atoms with van der Waals surface area (Å²) in [7, 11) is 0. The molecule has 0 bridgehead atoms. The van der Waals surface area contributed by atoms with Gasteiger partial charge in [-0.05, 0) is 50.3 Å². The molecular formula is C22H29FN4O. The summed E-state index contributed by atoms with van der Waals surface area (Å²) in [4.78, 5) is 16.4. The normalized spacial score (nSPS) is 15.3. The van der Waals surface area contributed by atoms with Crippen LogP contribution in [0, 0.1) is 5.82 Å². The van der Waals surface area contributed by atoms with Gasteiger partial charge in [0, 0.05) is 37.3 Å². The number of halogens is 1. The molecule has 0 aliphatic heterocycles. The van der Waals surface area contributed by atoms with E-state index in [2.05, 4.69) is 10.6 Å². The standard InChI is InChI=1S/C22H29FN4O/c1-2-24-21(25-14-6-8-16-27-15-7-5-11-20(27)28)26-17-22(12-13-22)18-9-3-4-10-19(18)23/h3-5,7,9-11,15H,2,6,8,12-14,16-17H2,1H3,(H2,24,25,26). The van der Waals surface area contributed by atoms with Gasteiger partial charge in [-0.2, -0.15) is 0 Å². The Morgan fingerprint density at radius 3 is 2.64 bits per heavy atom. The molecule has 0 radical (unpaired) electrons. The molecule has 0 unspecified atom stereocenters. The maximum Gasteiger partial charge on any atom is 0.250 e. The van der Waals surface area contributed by atoms with Crippen molar-refractivity contribution < 1.29 is 4.39 Å². The molecule has 0 amide bonds. The van der Waals surface area contributed by atoms with Crippen LogP contribution in [0.4, 0.5) is 4.39 Å². The van der Waals surface area contributed by atoms with Gasteiger partial charge in [-0.25, -0.2) is 4.39 Å². The summed E-state index contributed by atoms with van der Waals surface area (Å²) in [5, 5.41) is 6.60. The molecule has 3 rings (SSSR count). The molecule has 2 N–H and O–H groups in total. The van der Waals surface area contributed by atoms with Crippen LogP contribution in [0.5, 0.6) is 0 Å². The molecule has 1 aliphatic carbocycles. The zero-order chi connectivity index (χ0) is 19.8. The van der Waals surface area contributed by atoms with Crippen molar-refractivity contribution in [2.75, 3.05) is 19.6 Å². The molecule has 1 heterocycles. The van der Waals surface area contributed by atoms with Crippen molar-refractivity contribution in [1.82, 2.24) is 15.2 Å². The number of guanidine groups is 1. The van der Waals surface area contributed by atoms with Crippen LogP contribution in [-0.4, -0.2) is 30.2 Å². The summed E-state index contributed by atoms with van der Waals surface area (Å²) < 4.78 is 15.9. The number of aryl methyl sites for hydroxylation is 1. The highest BCUT2D eigenvalue weighted by molar-refractivity contribution is 5.79. The SMILES string of the molecule is CCNC(=NCC1(c2ccccc2F)CC1)NCCCCn1ccccc1=O. The Hall–Kier alpha value is -2.63. The Bertz CT molecular complexity index is 857. The Morgan fingerprint density at radius 1 is 1.14 bits per heavy atom. The molecule has 150 valence electrons. The number of nitrogens with one attached hydrogen (secondary N) is 2. The van der Waals surface area contributed by atoms with Crippen LogP contribution in [0.3, 0.4) is 0 Å². The van der Waals surface area contributed by atoms with Crippen molar-refractivity contribution in [3.63, 3.8) is 0 Å². The smallest absolute Gasteiger partial charge is 0.250 e. The minimum Gasteiger partial charge on any atom is -0.357 e. The Kier molecular flexibility index (Phi) is 6.85. The van der Waals surface area contributed by atoms with Crippen molar-refractivity contribution in [3.8, 4) is 0 Å². The first kappa shape index (κ1) is 20.1. The van der Waals surface area contributed by atoms with E-state index in [-0.39, 0.29) is 16.8 Å².